The lowest BCUT2D eigenvalue weighted by molar-refractivity contribution is 0.232. The average Bonchev–Trinajstić information content (AvgIpc) is 3.31. The molecule has 0 spiro atoms. The summed E-state index contributed by atoms with van der Waals surface area (Å²) in [4.78, 5) is 2.46. The van der Waals surface area contributed by atoms with Crippen molar-refractivity contribution in [3.05, 3.63) is 22.2 Å². The molecule has 0 radical (unpaired) electrons. The fourth-order valence-electron chi connectivity index (χ4n) is 2.62. The molecule has 5 heteroatoms. The average molecular weight is 355 g/mol. The van der Waals surface area contributed by atoms with Crippen LogP contribution in [0.5, 0.6) is 11.5 Å². The molecular formula is C16H23BrN2O2. The third-order valence-electron chi connectivity index (χ3n) is 4.07. The Hall–Kier alpha value is -0.780. The summed E-state index contributed by atoms with van der Waals surface area (Å²) in [6, 6.07) is 4.27. The Kier molecular flexibility index (Phi) is 5.03. The molecule has 1 aromatic carbocycles. The fourth-order valence-corrected chi connectivity index (χ4v) is 3.22. The predicted octanol–water partition coefficient (Wildman–Crippen LogP) is 2.65. The minimum atomic E-state index is 0.738. The Balaban J connectivity index is 1.70. The number of hydrogen-bond donors (Lipinski definition) is 1. The van der Waals surface area contributed by atoms with Crippen molar-refractivity contribution in [1.29, 1.82) is 0 Å². The Labute approximate surface area is 134 Å². The number of benzene rings is 1. The van der Waals surface area contributed by atoms with Crippen LogP contribution in [-0.4, -0.2) is 44.8 Å². The van der Waals surface area contributed by atoms with E-state index in [1.165, 1.54) is 18.4 Å². The summed E-state index contributed by atoms with van der Waals surface area (Å²) in [6.07, 6.45) is 2.59. The summed E-state index contributed by atoms with van der Waals surface area (Å²) in [7, 11) is 1.71. The van der Waals surface area contributed by atoms with Crippen LogP contribution in [-0.2, 0) is 6.54 Å². The van der Waals surface area contributed by atoms with E-state index in [0.29, 0.717) is 0 Å². The molecule has 1 aromatic rings. The Bertz CT molecular complexity index is 485. The summed E-state index contributed by atoms with van der Waals surface area (Å²) >= 11 is 3.64. The molecule has 1 N–H and O–H groups in total. The van der Waals surface area contributed by atoms with Crippen molar-refractivity contribution >= 4 is 15.9 Å². The van der Waals surface area contributed by atoms with Gasteiger partial charge in [-0.2, -0.15) is 0 Å². The van der Waals surface area contributed by atoms with E-state index in [1.54, 1.807) is 7.11 Å². The van der Waals surface area contributed by atoms with Crippen molar-refractivity contribution in [3.63, 3.8) is 0 Å². The van der Waals surface area contributed by atoms with Gasteiger partial charge in [0.2, 0.25) is 0 Å². The molecule has 1 heterocycles. The normalized spacial score (nSPS) is 19.5. The topological polar surface area (TPSA) is 33.7 Å². The number of methoxy groups -OCH3 is 1. The zero-order chi connectivity index (χ0) is 14.7. The summed E-state index contributed by atoms with van der Waals surface area (Å²) < 4.78 is 12.4. The zero-order valence-electron chi connectivity index (χ0n) is 12.5. The molecular weight excluding hydrogens is 332 g/mol. The van der Waals surface area contributed by atoms with Crippen LogP contribution in [0.2, 0.25) is 0 Å². The Morgan fingerprint density at radius 3 is 2.71 bits per heavy atom. The highest BCUT2D eigenvalue weighted by molar-refractivity contribution is 9.10. The molecule has 21 heavy (non-hydrogen) atoms. The maximum absolute atomic E-state index is 5.93. The largest absolute Gasteiger partial charge is 0.493 e. The second-order valence-corrected chi connectivity index (χ2v) is 6.74. The van der Waals surface area contributed by atoms with E-state index >= 15 is 0 Å². The van der Waals surface area contributed by atoms with Crippen LogP contribution < -0.4 is 14.8 Å². The number of piperazine rings is 1. The first-order valence-corrected chi connectivity index (χ1v) is 8.48. The van der Waals surface area contributed by atoms with Gasteiger partial charge in [-0.1, -0.05) is 0 Å². The molecule has 4 nitrogen and oxygen atoms in total. The van der Waals surface area contributed by atoms with Gasteiger partial charge in [-0.25, -0.2) is 0 Å². The van der Waals surface area contributed by atoms with Gasteiger partial charge >= 0.3 is 0 Å². The predicted molar refractivity (Wildman–Crippen MR) is 87.1 cm³/mol. The van der Waals surface area contributed by atoms with Gasteiger partial charge in [0.25, 0.3) is 0 Å². The molecule has 1 saturated carbocycles. The van der Waals surface area contributed by atoms with Crippen LogP contribution in [0.15, 0.2) is 16.6 Å². The maximum Gasteiger partial charge on any atom is 0.175 e. The highest BCUT2D eigenvalue weighted by Crippen LogP contribution is 2.39. The van der Waals surface area contributed by atoms with Crippen molar-refractivity contribution in [2.45, 2.75) is 19.4 Å². The molecule has 3 rings (SSSR count). The maximum atomic E-state index is 5.93. The molecule has 0 aromatic heterocycles. The third kappa shape index (κ3) is 4.11. The van der Waals surface area contributed by atoms with Crippen LogP contribution >= 0.6 is 15.9 Å². The smallest absolute Gasteiger partial charge is 0.175 e. The van der Waals surface area contributed by atoms with E-state index in [2.05, 4.69) is 38.3 Å². The molecule has 2 fully saturated rings. The summed E-state index contributed by atoms with van der Waals surface area (Å²) in [5, 5.41) is 3.38. The number of nitrogens with one attached hydrogen (secondary N) is 1. The van der Waals surface area contributed by atoms with Gasteiger partial charge in [0.05, 0.1) is 18.2 Å². The zero-order valence-corrected chi connectivity index (χ0v) is 14.1. The first-order chi connectivity index (χ1) is 10.3. The molecule has 1 aliphatic heterocycles. The quantitative estimate of drug-likeness (QED) is 0.851. The second-order valence-electron chi connectivity index (χ2n) is 5.89. The van der Waals surface area contributed by atoms with Crippen molar-refractivity contribution in [2.24, 2.45) is 5.92 Å². The Morgan fingerprint density at radius 1 is 1.29 bits per heavy atom. The van der Waals surface area contributed by atoms with Gasteiger partial charge in [-0.3, -0.25) is 4.90 Å². The van der Waals surface area contributed by atoms with Gasteiger partial charge in [0.15, 0.2) is 11.5 Å². The lowest BCUT2D eigenvalue weighted by Gasteiger charge is -2.27. The number of halogens is 1. The van der Waals surface area contributed by atoms with Crippen molar-refractivity contribution in [3.8, 4) is 11.5 Å². The van der Waals surface area contributed by atoms with Gasteiger partial charge in [0.1, 0.15) is 0 Å². The Morgan fingerprint density at radius 2 is 2.05 bits per heavy atom. The molecule has 1 aliphatic carbocycles. The summed E-state index contributed by atoms with van der Waals surface area (Å²) in [5.41, 5.74) is 1.26. The van der Waals surface area contributed by atoms with E-state index in [9.17, 15) is 0 Å². The van der Waals surface area contributed by atoms with Crippen molar-refractivity contribution < 1.29 is 9.47 Å². The summed E-state index contributed by atoms with van der Waals surface area (Å²) in [6.45, 7) is 6.09. The van der Waals surface area contributed by atoms with Gasteiger partial charge in [-0.05, 0) is 52.4 Å². The molecule has 116 valence electrons. The minimum Gasteiger partial charge on any atom is -0.493 e. The minimum absolute atomic E-state index is 0.738. The van der Waals surface area contributed by atoms with Crippen LogP contribution in [0, 0.1) is 5.92 Å². The van der Waals surface area contributed by atoms with Crippen LogP contribution in [0.4, 0.5) is 0 Å². The number of ether oxygens (including phenoxy) is 2. The van der Waals surface area contributed by atoms with E-state index in [1.807, 2.05) is 0 Å². The fraction of sp³-hybridized carbons (Fsp3) is 0.625. The molecule has 1 saturated heterocycles. The standard InChI is InChI=1S/C16H23BrN2O2/c1-20-15-9-13(10-19-6-4-18-5-7-19)8-14(17)16(15)21-11-12-2-3-12/h8-9,12,18H,2-7,10-11H2,1H3. The monoisotopic (exact) mass is 354 g/mol. The highest BCUT2D eigenvalue weighted by atomic mass is 79.9. The van der Waals surface area contributed by atoms with E-state index in [0.717, 1.165) is 61.2 Å². The van der Waals surface area contributed by atoms with E-state index < -0.39 is 0 Å². The highest BCUT2D eigenvalue weighted by Gasteiger charge is 2.23. The van der Waals surface area contributed by atoms with Crippen molar-refractivity contribution in [1.82, 2.24) is 10.2 Å². The molecule has 0 bridgehead atoms. The van der Waals surface area contributed by atoms with E-state index in [-0.39, 0.29) is 0 Å². The first kappa shape index (κ1) is 15.1. The van der Waals surface area contributed by atoms with Crippen LogP contribution in [0.25, 0.3) is 0 Å². The lowest BCUT2D eigenvalue weighted by Crippen LogP contribution is -2.42. The van der Waals surface area contributed by atoms with E-state index in [4.69, 9.17) is 9.47 Å². The van der Waals surface area contributed by atoms with Gasteiger partial charge in [-0.15, -0.1) is 0 Å². The molecule has 0 amide bonds. The number of hydrogen-bond acceptors (Lipinski definition) is 4. The molecule has 0 unspecified atom stereocenters. The third-order valence-corrected chi connectivity index (χ3v) is 4.65. The van der Waals surface area contributed by atoms with Crippen molar-refractivity contribution in [2.75, 3.05) is 39.9 Å². The SMILES string of the molecule is COc1cc(CN2CCNCC2)cc(Br)c1OCC1CC1. The first-order valence-electron chi connectivity index (χ1n) is 7.68. The van der Waals surface area contributed by atoms with Gasteiger partial charge < -0.3 is 14.8 Å². The number of nitrogens with zero attached hydrogens (tertiary/aromatic N) is 1. The molecule has 2 aliphatic rings. The summed E-state index contributed by atoms with van der Waals surface area (Å²) in [5.74, 6) is 2.41. The van der Waals surface area contributed by atoms with Crippen LogP contribution in [0.3, 0.4) is 0 Å². The van der Waals surface area contributed by atoms with Crippen LogP contribution in [0.1, 0.15) is 18.4 Å². The molecule has 0 atom stereocenters. The second kappa shape index (κ2) is 6.99. The lowest BCUT2D eigenvalue weighted by atomic mass is 10.1. The van der Waals surface area contributed by atoms with Gasteiger partial charge in [0, 0.05) is 32.7 Å². The number of rotatable bonds is 6.